The maximum Gasteiger partial charge on any atom is 0.132 e. The van der Waals surface area contributed by atoms with Crippen LogP contribution in [0.3, 0.4) is 0 Å². The summed E-state index contributed by atoms with van der Waals surface area (Å²) < 4.78 is 14.7. The summed E-state index contributed by atoms with van der Waals surface area (Å²) in [7, 11) is 0. The molecule has 0 spiro atoms. The van der Waals surface area contributed by atoms with Crippen molar-refractivity contribution in [2.45, 2.75) is 19.8 Å². The zero-order valence-corrected chi connectivity index (χ0v) is 12.2. The maximum absolute atomic E-state index is 13.9. The van der Waals surface area contributed by atoms with Gasteiger partial charge in [0.1, 0.15) is 11.6 Å². The fourth-order valence-corrected chi connectivity index (χ4v) is 2.19. The average molecular weight is 324 g/mol. The lowest BCUT2D eigenvalue weighted by Crippen LogP contribution is -2.05. The zero-order valence-electron chi connectivity index (χ0n) is 10.7. The Bertz CT molecular complexity index is 587. The van der Waals surface area contributed by atoms with Gasteiger partial charge in [0, 0.05) is 22.2 Å². The molecule has 1 aromatic carbocycles. The first-order chi connectivity index (χ1) is 9.10. The van der Waals surface area contributed by atoms with Gasteiger partial charge >= 0.3 is 0 Å². The second-order valence-electron chi connectivity index (χ2n) is 4.33. The molecule has 0 fully saturated rings. The number of benzene rings is 1. The van der Waals surface area contributed by atoms with Gasteiger partial charge in [0.05, 0.1) is 5.69 Å². The lowest BCUT2D eigenvalue weighted by Gasteiger charge is -2.07. The lowest BCUT2D eigenvalue weighted by molar-refractivity contribution is 0.630. The van der Waals surface area contributed by atoms with Gasteiger partial charge in [-0.15, -0.1) is 0 Å². The lowest BCUT2D eigenvalue weighted by atomic mass is 10.1. The third-order valence-electron chi connectivity index (χ3n) is 2.71. The molecule has 1 heterocycles. The van der Waals surface area contributed by atoms with E-state index >= 15 is 0 Å². The highest BCUT2D eigenvalue weighted by Crippen LogP contribution is 2.25. The molecule has 0 unspecified atom stereocenters. The number of aromatic nitrogens is 2. The number of hydrogen-bond donors (Lipinski definition) is 1. The van der Waals surface area contributed by atoms with Gasteiger partial charge in [-0.05, 0) is 44.2 Å². The molecule has 0 atom stereocenters. The smallest absolute Gasteiger partial charge is 0.132 e. The molecule has 2 aromatic rings. The Morgan fingerprint density at radius 3 is 2.79 bits per heavy atom. The van der Waals surface area contributed by atoms with Crippen molar-refractivity contribution in [3.63, 3.8) is 0 Å². The van der Waals surface area contributed by atoms with Gasteiger partial charge in [-0.2, -0.15) is 0 Å². The quantitative estimate of drug-likeness (QED) is 0.939. The van der Waals surface area contributed by atoms with Crippen LogP contribution in [0.4, 0.5) is 4.39 Å². The SMILES string of the molecule is Cc1cc(-c2cc(Br)ccc2F)nc(CCCN)n1. The molecule has 0 radical (unpaired) electrons. The Labute approximate surface area is 120 Å². The summed E-state index contributed by atoms with van der Waals surface area (Å²) in [6.45, 7) is 2.48. The summed E-state index contributed by atoms with van der Waals surface area (Å²) in [6.07, 6.45) is 1.53. The molecule has 100 valence electrons. The fraction of sp³-hybridized carbons (Fsp3) is 0.286. The molecule has 3 nitrogen and oxygen atoms in total. The van der Waals surface area contributed by atoms with Crippen molar-refractivity contribution < 1.29 is 4.39 Å². The van der Waals surface area contributed by atoms with Crippen LogP contribution in [-0.2, 0) is 6.42 Å². The van der Waals surface area contributed by atoms with E-state index < -0.39 is 0 Å². The molecule has 2 N–H and O–H groups in total. The van der Waals surface area contributed by atoms with E-state index in [1.165, 1.54) is 6.07 Å². The van der Waals surface area contributed by atoms with Gasteiger partial charge in [-0.1, -0.05) is 15.9 Å². The van der Waals surface area contributed by atoms with E-state index in [9.17, 15) is 4.39 Å². The van der Waals surface area contributed by atoms with Gasteiger partial charge < -0.3 is 5.73 Å². The maximum atomic E-state index is 13.9. The molecule has 0 saturated carbocycles. The Balaban J connectivity index is 2.43. The van der Waals surface area contributed by atoms with Gasteiger partial charge in [0.25, 0.3) is 0 Å². The minimum atomic E-state index is -0.286. The predicted molar refractivity (Wildman–Crippen MR) is 77.2 cm³/mol. The molecule has 1 aromatic heterocycles. The summed E-state index contributed by atoms with van der Waals surface area (Å²) >= 11 is 3.35. The second kappa shape index (κ2) is 6.21. The molecular weight excluding hydrogens is 309 g/mol. The fourth-order valence-electron chi connectivity index (χ4n) is 1.83. The summed E-state index contributed by atoms with van der Waals surface area (Å²) in [5.41, 5.74) is 7.41. The molecule has 2 rings (SSSR count). The number of rotatable bonds is 4. The van der Waals surface area contributed by atoms with Gasteiger partial charge in [0.15, 0.2) is 0 Å². The van der Waals surface area contributed by atoms with Crippen molar-refractivity contribution in [3.8, 4) is 11.3 Å². The van der Waals surface area contributed by atoms with Crippen molar-refractivity contribution in [2.75, 3.05) is 6.54 Å². The van der Waals surface area contributed by atoms with Gasteiger partial charge in [-0.25, -0.2) is 14.4 Å². The standard InChI is InChI=1S/C14H15BrFN3/c1-9-7-13(19-14(18-9)3-2-6-17)11-8-10(15)4-5-12(11)16/h4-5,7-8H,2-3,6,17H2,1H3. The van der Waals surface area contributed by atoms with E-state index in [-0.39, 0.29) is 5.82 Å². The Hall–Kier alpha value is -1.33. The van der Waals surface area contributed by atoms with E-state index in [4.69, 9.17) is 5.73 Å². The van der Waals surface area contributed by atoms with Crippen LogP contribution < -0.4 is 5.73 Å². The number of hydrogen-bond acceptors (Lipinski definition) is 3. The monoisotopic (exact) mass is 323 g/mol. The van der Waals surface area contributed by atoms with Gasteiger partial charge in [-0.3, -0.25) is 0 Å². The Kier molecular flexibility index (Phi) is 4.61. The van der Waals surface area contributed by atoms with E-state index in [0.717, 1.165) is 16.6 Å². The Morgan fingerprint density at radius 2 is 2.05 bits per heavy atom. The molecule has 19 heavy (non-hydrogen) atoms. The third-order valence-corrected chi connectivity index (χ3v) is 3.20. The predicted octanol–water partition coefficient (Wildman–Crippen LogP) is 3.24. The van der Waals surface area contributed by atoms with E-state index in [0.29, 0.717) is 30.0 Å². The number of halogens is 2. The highest BCUT2D eigenvalue weighted by Gasteiger charge is 2.10. The number of nitrogens with zero attached hydrogens (tertiary/aromatic N) is 2. The summed E-state index contributed by atoms with van der Waals surface area (Å²) in [4.78, 5) is 8.76. The first-order valence-corrected chi connectivity index (χ1v) is 6.89. The highest BCUT2D eigenvalue weighted by molar-refractivity contribution is 9.10. The third kappa shape index (κ3) is 3.58. The van der Waals surface area contributed by atoms with Gasteiger partial charge in [0.2, 0.25) is 0 Å². The highest BCUT2D eigenvalue weighted by atomic mass is 79.9. The summed E-state index contributed by atoms with van der Waals surface area (Å²) in [6, 6.07) is 6.61. The second-order valence-corrected chi connectivity index (χ2v) is 5.24. The first-order valence-electron chi connectivity index (χ1n) is 6.10. The van der Waals surface area contributed by atoms with Crippen LogP contribution in [0.25, 0.3) is 11.3 Å². The van der Waals surface area contributed by atoms with Crippen molar-refractivity contribution in [1.29, 1.82) is 0 Å². The van der Waals surface area contributed by atoms with Crippen LogP contribution >= 0.6 is 15.9 Å². The van der Waals surface area contributed by atoms with E-state index in [1.54, 1.807) is 18.2 Å². The summed E-state index contributed by atoms with van der Waals surface area (Å²) in [5.74, 6) is 0.422. The zero-order chi connectivity index (χ0) is 13.8. The van der Waals surface area contributed by atoms with Crippen LogP contribution in [0, 0.1) is 12.7 Å². The van der Waals surface area contributed by atoms with Crippen LogP contribution in [-0.4, -0.2) is 16.5 Å². The van der Waals surface area contributed by atoms with Crippen molar-refractivity contribution >= 4 is 15.9 Å². The average Bonchev–Trinajstić information content (AvgIpc) is 2.38. The van der Waals surface area contributed by atoms with Crippen LogP contribution in [0.1, 0.15) is 17.9 Å². The molecule has 0 bridgehead atoms. The molecule has 0 aliphatic carbocycles. The molecular formula is C14H15BrFN3. The molecule has 0 aliphatic heterocycles. The molecule has 0 saturated heterocycles. The topological polar surface area (TPSA) is 51.8 Å². The van der Waals surface area contributed by atoms with Crippen LogP contribution in [0.5, 0.6) is 0 Å². The minimum Gasteiger partial charge on any atom is -0.330 e. The van der Waals surface area contributed by atoms with E-state index in [2.05, 4.69) is 25.9 Å². The van der Waals surface area contributed by atoms with E-state index in [1.807, 2.05) is 6.92 Å². The van der Waals surface area contributed by atoms with Crippen molar-refractivity contribution in [3.05, 3.63) is 46.1 Å². The minimum absolute atomic E-state index is 0.286. The first kappa shape index (κ1) is 14.1. The number of nitrogens with two attached hydrogens (primary N) is 1. The molecule has 5 heteroatoms. The normalized spacial score (nSPS) is 10.7. The molecule has 0 amide bonds. The largest absolute Gasteiger partial charge is 0.330 e. The van der Waals surface area contributed by atoms with Crippen LogP contribution in [0.15, 0.2) is 28.7 Å². The van der Waals surface area contributed by atoms with Crippen molar-refractivity contribution in [2.24, 2.45) is 5.73 Å². The van der Waals surface area contributed by atoms with Crippen LogP contribution in [0.2, 0.25) is 0 Å². The summed E-state index contributed by atoms with van der Waals surface area (Å²) in [5, 5.41) is 0. The molecule has 0 aliphatic rings. The van der Waals surface area contributed by atoms with Crippen molar-refractivity contribution in [1.82, 2.24) is 9.97 Å². The Morgan fingerprint density at radius 1 is 1.26 bits per heavy atom. The number of aryl methyl sites for hydroxylation is 2.